The number of carbonyl (C=O) groups is 10. The number of ketones is 2. The van der Waals surface area contributed by atoms with Crippen LogP contribution in [0.4, 0.5) is 0 Å². The minimum absolute atomic E-state index is 0.0138. The Morgan fingerprint density at radius 1 is 0.587 bits per heavy atom. The SMILES string of the molecule is CC(=O)NCCCC(=O)CC(=O)O.CC(=O)NCCCC(N)CC(=O)O.N[C@@H](CCC(=O)O)C(=O)O.O=C(O)CCC(=O)C(=O)O. The lowest BCUT2D eigenvalue weighted by Gasteiger charge is -2.08. The number of amides is 2. The van der Waals surface area contributed by atoms with Crippen molar-refractivity contribution in [2.45, 2.75) is 90.1 Å². The molecule has 0 radical (unpaired) electrons. The average molecular weight is 669 g/mol. The van der Waals surface area contributed by atoms with Crippen LogP contribution in [-0.4, -0.2) is 115 Å². The number of carbonyl (C=O) groups excluding carboxylic acids is 4. The van der Waals surface area contributed by atoms with Gasteiger partial charge in [0.2, 0.25) is 17.6 Å². The highest BCUT2D eigenvalue weighted by Crippen LogP contribution is 1.98. The van der Waals surface area contributed by atoms with E-state index in [9.17, 15) is 47.9 Å². The molecule has 0 aromatic carbocycles. The monoisotopic (exact) mass is 668 g/mol. The highest BCUT2D eigenvalue weighted by molar-refractivity contribution is 6.32. The van der Waals surface area contributed by atoms with Crippen molar-refractivity contribution in [3.05, 3.63) is 0 Å². The Kier molecular flexibility index (Phi) is 31.3. The smallest absolute Gasteiger partial charge is 0.372 e. The van der Waals surface area contributed by atoms with Crippen LogP contribution in [0.3, 0.4) is 0 Å². The van der Waals surface area contributed by atoms with E-state index in [0.717, 1.165) is 0 Å². The third kappa shape index (κ3) is 46.0. The van der Waals surface area contributed by atoms with E-state index in [0.29, 0.717) is 32.4 Å². The lowest BCUT2D eigenvalue weighted by molar-refractivity contribution is -0.150. The molecule has 2 amide bonds. The van der Waals surface area contributed by atoms with Gasteiger partial charge in [-0.15, -0.1) is 0 Å². The van der Waals surface area contributed by atoms with Crippen LogP contribution in [-0.2, 0) is 47.9 Å². The van der Waals surface area contributed by atoms with Gasteiger partial charge in [0.1, 0.15) is 18.2 Å². The predicted octanol–water partition coefficient (Wildman–Crippen LogP) is -1.58. The molecular weight excluding hydrogens is 624 g/mol. The molecule has 20 nitrogen and oxygen atoms in total. The number of nitrogens with one attached hydrogen (secondary N) is 2. The molecule has 0 saturated carbocycles. The van der Waals surface area contributed by atoms with Crippen molar-refractivity contribution in [3.8, 4) is 0 Å². The number of hydrogen-bond donors (Lipinski definition) is 10. The summed E-state index contributed by atoms with van der Waals surface area (Å²) in [4.78, 5) is 101. The third-order valence-electron chi connectivity index (χ3n) is 4.71. The Hall–Kier alpha value is -4.98. The lowest BCUT2D eigenvalue weighted by Crippen LogP contribution is -2.30. The van der Waals surface area contributed by atoms with E-state index in [1.807, 2.05) is 0 Å². The quantitative estimate of drug-likeness (QED) is 0.0397. The first-order valence-electron chi connectivity index (χ1n) is 13.5. The van der Waals surface area contributed by atoms with Gasteiger partial charge in [-0.25, -0.2) is 4.79 Å². The van der Waals surface area contributed by atoms with Crippen LogP contribution in [0.5, 0.6) is 0 Å². The Morgan fingerprint density at radius 3 is 1.43 bits per heavy atom. The summed E-state index contributed by atoms with van der Waals surface area (Å²) in [7, 11) is 0. The van der Waals surface area contributed by atoms with Crippen molar-refractivity contribution in [2.75, 3.05) is 13.1 Å². The molecule has 0 bridgehead atoms. The molecule has 0 fully saturated rings. The first-order valence-corrected chi connectivity index (χ1v) is 13.5. The molecule has 264 valence electrons. The van der Waals surface area contributed by atoms with Crippen molar-refractivity contribution in [2.24, 2.45) is 11.5 Å². The average Bonchev–Trinajstić information content (AvgIpc) is 2.90. The van der Waals surface area contributed by atoms with Gasteiger partial charge in [-0.1, -0.05) is 0 Å². The van der Waals surface area contributed by atoms with Gasteiger partial charge in [-0.05, 0) is 25.7 Å². The maximum absolute atomic E-state index is 10.8. The standard InChI is InChI=1S/C8H16N2O3.C8H13NO4.C5H9NO4.C5H6O5/c1-6(11)10-4-2-3-7(9)5-8(12)13;1-6(10)9-4-2-3-7(11)5-8(12)13;2*6-3(5(9)10)1-2-4(7)8/h7H,2-5,9H2,1H3,(H,10,11)(H,12,13);2-5H2,1H3,(H,9,10)(H,12,13);3H,1-2,6H2,(H,7,8)(H,9,10);1-2H2,(H,7,8)(H,9,10)/t;;3-;/m..0./s1. The molecule has 1 unspecified atom stereocenters. The molecule has 0 aliphatic rings. The summed E-state index contributed by atoms with van der Waals surface area (Å²) in [5.41, 5.74) is 10.5. The topological polar surface area (TPSA) is 368 Å². The molecule has 0 aromatic rings. The summed E-state index contributed by atoms with van der Waals surface area (Å²) in [6.45, 7) is 3.81. The van der Waals surface area contributed by atoms with E-state index in [4.69, 9.17) is 42.1 Å². The second kappa shape index (κ2) is 30.1. The molecule has 2 atom stereocenters. The maximum atomic E-state index is 10.8. The molecule has 0 aliphatic heterocycles. The van der Waals surface area contributed by atoms with Crippen LogP contribution in [0.25, 0.3) is 0 Å². The van der Waals surface area contributed by atoms with Gasteiger partial charge in [0.15, 0.2) is 0 Å². The molecule has 0 rings (SSSR count). The largest absolute Gasteiger partial charge is 0.481 e. The van der Waals surface area contributed by atoms with Gasteiger partial charge in [-0.3, -0.25) is 43.2 Å². The minimum atomic E-state index is -1.58. The van der Waals surface area contributed by atoms with Crippen molar-refractivity contribution >= 4 is 59.2 Å². The van der Waals surface area contributed by atoms with E-state index in [1.165, 1.54) is 13.8 Å². The van der Waals surface area contributed by atoms with Crippen LogP contribution in [0, 0.1) is 0 Å². The number of carboxylic acids is 6. The molecule has 0 spiro atoms. The fourth-order valence-corrected chi connectivity index (χ4v) is 2.49. The highest BCUT2D eigenvalue weighted by Gasteiger charge is 2.13. The zero-order valence-electron chi connectivity index (χ0n) is 25.6. The van der Waals surface area contributed by atoms with Gasteiger partial charge in [0.25, 0.3) is 0 Å². The predicted molar refractivity (Wildman–Crippen MR) is 155 cm³/mol. The summed E-state index contributed by atoms with van der Waals surface area (Å²) in [6, 6.07) is -1.37. The van der Waals surface area contributed by atoms with Crippen LogP contribution >= 0.6 is 0 Å². The van der Waals surface area contributed by atoms with Crippen molar-refractivity contribution in [1.29, 1.82) is 0 Å². The number of aliphatic carboxylic acids is 6. The van der Waals surface area contributed by atoms with Crippen LogP contribution in [0.15, 0.2) is 0 Å². The summed E-state index contributed by atoms with van der Waals surface area (Å²) in [6.07, 6.45) is 0.493. The number of hydrogen-bond acceptors (Lipinski definition) is 12. The van der Waals surface area contributed by atoms with Gasteiger partial charge in [0.05, 0.1) is 12.8 Å². The molecule has 0 aromatic heterocycles. The third-order valence-corrected chi connectivity index (χ3v) is 4.71. The van der Waals surface area contributed by atoms with Crippen LogP contribution < -0.4 is 22.1 Å². The van der Waals surface area contributed by atoms with E-state index in [1.54, 1.807) is 0 Å². The Morgan fingerprint density at radius 2 is 1.07 bits per heavy atom. The molecule has 12 N–H and O–H groups in total. The van der Waals surface area contributed by atoms with Crippen LogP contribution in [0.2, 0.25) is 0 Å². The van der Waals surface area contributed by atoms with E-state index < -0.39 is 66.9 Å². The Bertz CT molecular complexity index is 1030. The summed E-state index contributed by atoms with van der Waals surface area (Å²) < 4.78 is 0. The van der Waals surface area contributed by atoms with Crippen molar-refractivity contribution < 1.29 is 78.6 Å². The number of carboxylic acid groups (broad SMARTS) is 6. The normalized spacial score (nSPS) is 10.7. The number of Topliss-reactive ketones (excluding diaryl/α,β-unsaturated/α-hetero) is 2. The number of rotatable bonds is 20. The molecule has 46 heavy (non-hydrogen) atoms. The Balaban J connectivity index is -0.000000258. The van der Waals surface area contributed by atoms with Gasteiger partial charge >= 0.3 is 35.8 Å². The van der Waals surface area contributed by atoms with Gasteiger partial charge < -0.3 is 52.7 Å². The second-order valence-electron chi connectivity index (χ2n) is 9.18. The first kappa shape index (κ1) is 47.9. The van der Waals surface area contributed by atoms with E-state index in [-0.39, 0.29) is 49.3 Å². The molecular formula is C26H44N4O16. The van der Waals surface area contributed by atoms with E-state index in [2.05, 4.69) is 10.6 Å². The van der Waals surface area contributed by atoms with Crippen molar-refractivity contribution in [1.82, 2.24) is 10.6 Å². The fraction of sp³-hybridized carbons (Fsp3) is 0.615. The maximum Gasteiger partial charge on any atom is 0.372 e. The van der Waals surface area contributed by atoms with Gasteiger partial charge in [-0.2, -0.15) is 0 Å². The Labute approximate surface area is 263 Å². The molecule has 0 heterocycles. The van der Waals surface area contributed by atoms with Crippen LogP contribution in [0.1, 0.15) is 78.1 Å². The molecule has 0 aliphatic carbocycles. The van der Waals surface area contributed by atoms with E-state index >= 15 is 0 Å². The first-order chi connectivity index (χ1) is 21.1. The summed E-state index contributed by atoms with van der Waals surface area (Å²) in [5.74, 6) is -8.54. The molecule has 0 saturated heterocycles. The number of nitrogens with two attached hydrogens (primary N) is 2. The fourth-order valence-electron chi connectivity index (χ4n) is 2.49. The summed E-state index contributed by atoms with van der Waals surface area (Å²) in [5, 5.41) is 54.0. The molecule has 20 heteroatoms. The van der Waals surface area contributed by atoms with Gasteiger partial charge in [0, 0.05) is 52.2 Å². The second-order valence-corrected chi connectivity index (χ2v) is 9.18. The minimum Gasteiger partial charge on any atom is -0.481 e. The van der Waals surface area contributed by atoms with Crippen molar-refractivity contribution in [3.63, 3.8) is 0 Å². The zero-order valence-corrected chi connectivity index (χ0v) is 25.6. The highest BCUT2D eigenvalue weighted by atomic mass is 16.4. The summed E-state index contributed by atoms with van der Waals surface area (Å²) >= 11 is 0. The zero-order chi connectivity index (χ0) is 36.8. The lowest BCUT2D eigenvalue weighted by atomic mass is 10.1.